The molecule has 4 nitrogen and oxygen atoms in total. The zero-order valence-corrected chi connectivity index (χ0v) is 17.7. The van der Waals surface area contributed by atoms with Crippen molar-refractivity contribution in [2.24, 2.45) is 0 Å². The zero-order chi connectivity index (χ0) is 20.1. The zero-order valence-electron chi connectivity index (χ0n) is 16.0. The van der Waals surface area contributed by atoms with Gasteiger partial charge in [0.25, 0.3) is 0 Å². The fourth-order valence-electron chi connectivity index (χ4n) is 3.13. The average Bonchev–Trinajstić information content (AvgIpc) is 3.03. The SMILES string of the molecule is CCc1c(C)sc(NC(=S)Nc2ccccc2-c2ccccc2)c1C(=O)OC. The first kappa shape index (κ1) is 20.0. The Hall–Kier alpha value is -2.70. The third-order valence-electron chi connectivity index (χ3n) is 4.44. The molecular weight excluding hydrogens is 388 g/mol. The summed E-state index contributed by atoms with van der Waals surface area (Å²) >= 11 is 7.04. The van der Waals surface area contributed by atoms with E-state index < -0.39 is 0 Å². The minimum Gasteiger partial charge on any atom is -0.465 e. The van der Waals surface area contributed by atoms with Crippen LogP contribution in [0.1, 0.15) is 27.7 Å². The number of nitrogens with one attached hydrogen (secondary N) is 2. The molecule has 2 N–H and O–H groups in total. The minimum absolute atomic E-state index is 0.351. The lowest BCUT2D eigenvalue weighted by Gasteiger charge is -2.14. The predicted octanol–water partition coefficient (Wildman–Crippen LogP) is 5.88. The Bertz CT molecular complexity index is 997. The maximum Gasteiger partial charge on any atom is 0.341 e. The van der Waals surface area contributed by atoms with Crippen LogP contribution < -0.4 is 10.6 Å². The maximum absolute atomic E-state index is 12.3. The number of hydrogen-bond acceptors (Lipinski definition) is 4. The van der Waals surface area contributed by atoms with Crippen molar-refractivity contribution in [2.45, 2.75) is 20.3 Å². The molecule has 0 spiro atoms. The summed E-state index contributed by atoms with van der Waals surface area (Å²) in [6, 6.07) is 18.1. The van der Waals surface area contributed by atoms with Crippen LogP contribution in [0.2, 0.25) is 0 Å². The van der Waals surface area contributed by atoms with Crippen molar-refractivity contribution in [3.05, 3.63) is 70.6 Å². The lowest BCUT2D eigenvalue weighted by atomic mass is 10.0. The van der Waals surface area contributed by atoms with Crippen LogP contribution in [0.25, 0.3) is 11.1 Å². The Morgan fingerprint density at radius 3 is 2.43 bits per heavy atom. The number of esters is 1. The second-order valence-corrected chi connectivity index (χ2v) is 7.81. The monoisotopic (exact) mass is 410 g/mol. The highest BCUT2D eigenvalue weighted by atomic mass is 32.1. The van der Waals surface area contributed by atoms with Crippen LogP contribution in [0.4, 0.5) is 10.7 Å². The number of hydrogen-bond donors (Lipinski definition) is 2. The summed E-state index contributed by atoms with van der Waals surface area (Å²) in [7, 11) is 1.39. The lowest BCUT2D eigenvalue weighted by molar-refractivity contribution is 0.0601. The molecule has 3 aromatic rings. The van der Waals surface area contributed by atoms with E-state index in [2.05, 4.69) is 22.8 Å². The molecule has 0 bridgehead atoms. The maximum atomic E-state index is 12.3. The first-order chi connectivity index (χ1) is 13.5. The fraction of sp³-hybridized carbons (Fsp3) is 0.182. The molecule has 0 saturated carbocycles. The van der Waals surface area contributed by atoms with Gasteiger partial charge in [-0.15, -0.1) is 11.3 Å². The van der Waals surface area contributed by atoms with Gasteiger partial charge < -0.3 is 15.4 Å². The van der Waals surface area contributed by atoms with Gasteiger partial charge in [0, 0.05) is 16.1 Å². The molecular formula is C22H22N2O2S2. The average molecular weight is 411 g/mol. The molecule has 3 rings (SSSR count). The summed E-state index contributed by atoms with van der Waals surface area (Å²) in [5.74, 6) is -0.351. The van der Waals surface area contributed by atoms with Crippen molar-refractivity contribution < 1.29 is 9.53 Å². The number of carbonyl (C=O) groups is 1. The van der Waals surface area contributed by atoms with E-state index in [9.17, 15) is 4.79 Å². The molecule has 0 aliphatic rings. The summed E-state index contributed by atoms with van der Waals surface area (Å²) in [5, 5.41) is 7.58. The lowest BCUT2D eigenvalue weighted by Crippen LogP contribution is -2.20. The molecule has 1 heterocycles. The topological polar surface area (TPSA) is 50.4 Å². The summed E-state index contributed by atoms with van der Waals surface area (Å²) in [6.45, 7) is 4.03. The number of rotatable bonds is 5. The summed E-state index contributed by atoms with van der Waals surface area (Å²) < 4.78 is 4.97. The van der Waals surface area contributed by atoms with Crippen LogP contribution in [-0.2, 0) is 11.2 Å². The van der Waals surface area contributed by atoms with Gasteiger partial charge in [-0.2, -0.15) is 0 Å². The second-order valence-electron chi connectivity index (χ2n) is 6.18. The van der Waals surface area contributed by atoms with Crippen molar-refractivity contribution >= 4 is 45.3 Å². The van der Waals surface area contributed by atoms with Gasteiger partial charge >= 0.3 is 5.97 Å². The third kappa shape index (κ3) is 4.24. The van der Waals surface area contributed by atoms with Gasteiger partial charge in [-0.25, -0.2) is 4.79 Å². The fourth-order valence-corrected chi connectivity index (χ4v) is 4.54. The number of anilines is 2. The molecule has 0 amide bonds. The Balaban J connectivity index is 1.86. The summed E-state index contributed by atoms with van der Waals surface area (Å²) in [5.41, 5.74) is 4.61. The van der Waals surface area contributed by atoms with Gasteiger partial charge in [0.15, 0.2) is 5.11 Å². The van der Waals surface area contributed by atoms with E-state index in [0.717, 1.165) is 33.7 Å². The van der Waals surface area contributed by atoms with E-state index in [-0.39, 0.29) is 5.97 Å². The predicted molar refractivity (Wildman–Crippen MR) is 121 cm³/mol. The smallest absolute Gasteiger partial charge is 0.341 e. The Kier molecular flexibility index (Phi) is 6.44. The number of para-hydroxylation sites is 1. The highest BCUT2D eigenvalue weighted by Gasteiger charge is 2.22. The van der Waals surface area contributed by atoms with Gasteiger partial charge in [-0.3, -0.25) is 0 Å². The van der Waals surface area contributed by atoms with E-state index in [1.165, 1.54) is 18.4 Å². The molecule has 2 aromatic carbocycles. The van der Waals surface area contributed by atoms with Crippen LogP contribution in [0, 0.1) is 6.92 Å². The van der Waals surface area contributed by atoms with Crippen molar-refractivity contribution in [1.82, 2.24) is 0 Å². The highest BCUT2D eigenvalue weighted by Crippen LogP contribution is 2.34. The van der Waals surface area contributed by atoms with Crippen molar-refractivity contribution in [3.63, 3.8) is 0 Å². The molecule has 0 aliphatic carbocycles. The minimum atomic E-state index is -0.351. The second kappa shape index (κ2) is 8.99. The molecule has 0 atom stereocenters. The van der Waals surface area contributed by atoms with Gasteiger partial charge in [0.1, 0.15) is 5.00 Å². The van der Waals surface area contributed by atoms with Crippen molar-refractivity contribution in [1.29, 1.82) is 0 Å². The van der Waals surface area contributed by atoms with Gasteiger partial charge in [-0.1, -0.05) is 55.5 Å². The number of thiophene rings is 1. The first-order valence-electron chi connectivity index (χ1n) is 8.98. The van der Waals surface area contributed by atoms with E-state index in [1.54, 1.807) is 0 Å². The molecule has 0 saturated heterocycles. The molecule has 0 unspecified atom stereocenters. The first-order valence-corrected chi connectivity index (χ1v) is 10.2. The van der Waals surface area contributed by atoms with Crippen molar-refractivity contribution in [3.8, 4) is 11.1 Å². The number of thiocarbonyl (C=S) groups is 1. The quantitative estimate of drug-likeness (QED) is 0.406. The third-order valence-corrected chi connectivity index (χ3v) is 5.71. The Morgan fingerprint density at radius 2 is 1.75 bits per heavy atom. The number of carbonyl (C=O) groups excluding carboxylic acids is 1. The molecule has 6 heteroatoms. The van der Waals surface area contributed by atoms with Crippen LogP contribution in [0.15, 0.2) is 54.6 Å². The molecule has 28 heavy (non-hydrogen) atoms. The highest BCUT2D eigenvalue weighted by molar-refractivity contribution is 7.80. The van der Waals surface area contributed by atoms with E-state index in [0.29, 0.717) is 15.7 Å². The molecule has 0 aliphatic heterocycles. The standard InChI is InChI=1S/C22H22N2O2S2/c1-4-16-14(2)28-20(19(16)21(25)26-3)24-22(27)23-18-13-9-8-12-17(18)15-10-6-5-7-11-15/h5-13H,4H2,1-3H3,(H2,23,24,27). The Morgan fingerprint density at radius 1 is 1.07 bits per heavy atom. The van der Waals surface area contributed by atoms with E-state index >= 15 is 0 Å². The number of benzene rings is 2. The Labute approximate surface area is 174 Å². The largest absolute Gasteiger partial charge is 0.465 e. The van der Waals surface area contributed by atoms with Crippen molar-refractivity contribution in [2.75, 3.05) is 17.7 Å². The van der Waals surface area contributed by atoms with Crippen LogP contribution in [0.3, 0.4) is 0 Å². The molecule has 1 aromatic heterocycles. The number of ether oxygens (including phenoxy) is 1. The van der Waals surface area contributed by atoms with E-state index in [4.69, 9.17) is 17.0 Å². The molecule has 0 fully saturated rings. The number of aryl methyl sites for hydroxylation is 1. The van der Waals surface area contributed by atoms with Crippen LogP contribution in [0.5, 0.6) is 0 Å². The van der Waals surface area contributed by atoms with E-state index in [1.807, 2.05) is 56.3 Å². The van der Waals surface area contributed by atoms with Gasteiger partial charge in [0.2, 0.25) is 0 Å². The van der Waals surface area contributed by atoms with Crippen LogP contribution >= 0.6 is 23.6 Å². The van der Waals surface area contributed by atoms with Crippen LogP contribution in [-0.4, -0.2) is 18.2 Å². The summed E-state index contributed by atoms with van der Waals surface area (Å²) in [4.78, 5) is 13.4. The molecule has 0 radical (unpaired) electrons. The van der Waals surface area contributed by atoms with Gasteiger partial charge in [0.05, 0.1) is 12.7 Å². The molecule has 144 valence electrons. The number of methoxy groups -OCH3 is 1. The normalized spacial score (nSPS) is 10.4. The van der Waals surface area contributed by atoms with Gasteiger partial charge in [-0.05, 0) is 42.8 Å². The summed E-state index contributed by atoms with van der Waals surface area (Å²) in [6.07, 6.45) is 0.755.